The first-order valence-electron chi connectivity index (χ1n) is 6.47. The van der Waals surface area contributed by atoms with Crippen LogP contribution in [0.5, 0.6) is 0 Å². The third kappa shape index (κ3) is 5.20. The van der Waals surface area contributed by atoms with Crippen molar-refractivity contribution in [2.24, 2.45) is 0 Å². The number of aryl methyl sites for hydroxylation is 1. The second-order valence-corrected chi connectivity index (χ2v) is 4.81. The second-order valence-electron chi connectivity index (χ2n) is 4.81. The van der Waals surface area contributed by atoms with Crippen LogP contribution in [-0.4, -0.2) is 26.8 Å². The van der Waals surface area contributed by atoms with Crippen LogP contribution < -0.4 is 5.69 Å². The molecule has 1 heterocycles. The first kappa shape index (κ1) is 17.2. The summed E-state index contributed by atoms with van der Waals surface area (Å²) in [5.41, 5.74) is 0.900. The zero-order chi connectivity index (χ0) is 16.2. The Hall–Kier alpha value is -1.86. The van der Waals surface area contributed by atoms with E-state index in [4.69, 9.17) is 5.11 Å². The number of nitrogens with zero attached hydrogens (tertiary/aromatic N) is 2. The maximum Gasteiger partial charge on any atom is 0.389 e. The quantitative estimate of drug-likeness (QED) is 0.874. The lowest BCUT2D eigenvalue weighted by Crippen LogP contribution is -2.28. The summed E-state index contributed by atoms with van der Waals surface area (Å²) in [5.74, 6) is -0.983. The van der Waals surface area contributed by atoms with Crippen LogP contribution in [-0.2, 0) is 17.8 Å². The fourth-order valence-electron chi connectivity index (χ4n) is 2.13. The van der Waals surface area contributed by atoms with Crippen molar-refractivity contribution in [1.29, 1.82) is 0 Å². The summed E-state index contributed by atoms with van der Waals surface area (Å²) in [4.78, 5) is 26.1. The summed E-state index contributed by atoms with van der Waals surface area (Å²) in [5, 5.41) is 8.70. The summed E-state index contributed by atoms with van der Waals surface area (Å²) in [6.45, 7) is 3.10. The molecule has 21 heavy (non-hydrogen) atoms. The molecule has 0 amide bonds. The molecule has 0 spiro atoms. The van der Waals surface area contributed by atoms with E-state index >= 15 is 0 Å². The molecule has 0 saturated heterocycles. The highest BCUT2D eigenvalue weighted by atomic mass is 19.4. The maximum atomic E-state index is 12.1. The highest BCUT2D eigenvalue weighted by Gasteiger charge is 2.26. The van der Waals surface area contributed by atoms with Crippen molar-refractivity contribution < 1.29 is 23.1 Å². The Labute approximate surface area is 119 Å². The number of hydrogen-bond acceptors (Lipinski definition) is 3. The lowest BCUT2D eigenvalue weighted by molar-refractivity contribution is -0.137. The van der Waals surface area contributed by atoms with E-state index in [1.807, 2.05) is 0 Å². The molecule has 0 aliphatic carbocycles. The van der Waals surface area contributed by atoms with Gasteiger partial charge in [0.1, 0.15) is 0 Å². The molecule has 8 heteroatoms. The Morgan fingerprint density at radius 3 is 2.48 bits per heavy atom. The van der Waals surface area contributed by atoms with Crippen molar-refractivity contribution in [2.45, 2.75) is 52.3 Å². The van der Waals surface area contributed by atoms with Gasteiger partial charge in [0, 0.05) is 30.8 Å². The molecular weight excluding hydrogens is 289 g/mol. The molecule has 1 rings (SSSR count). The maximum absolute atomic E-state index is 12.1. The summed E-state index contributed by atoms with van der Waals surface area (Å²) in [6, 6.07) is 0. The second kappa shape index (κ2) is 6.73. The van der Waals surface area contributed by atoms with Crippen LogP contribution in [0.25, 0.3) is 0 Å². The summed E-state index contributed by atoms with van der Waals surface area (Å²) >= 11 is 0. The highest BCUT2D eigenvalue weighted by molar-refractivity contribution is 5.67. The van der Waals surface area contributed by atoms with Gasteiger partial charge < -0.3 is 5.11 Å². The molecule has 5 nitrogen and oxygen atoms in total. The van der Waals surface area contributed by atoms with Gasteiger partial charge in [-0.2, -0.15) is 18.2 Å². The van der Waals surface area contributed by atoms with Crippen LogP contribution >= 0.6 is 0 Å². The van der Waals surface area contributed by atoms with Crippen LogP contribution in [0, 0.1) is 13.8 Å². The van der Waals surface area contributed by atoms with Gasteiger partial charge in [-0.15, -0.1) is 0 Å². The van der Waals surface area contributed by atoms with E-state index in [2.05, 4.69) is 4.98 Å². The SMILES string of the molecule is Cc1nc(=O)n(CCCC(F)(F)F)c(C)c1CCC(=O)O. The standard InChI is InChI=1S/C13H17F3N2O3/c1-8-10(4-5-11(19)20)9(2)18(12(21)17-8)7-3-6-13(14,15)16/h3-7H2,1-2H3,(H,19,20). The Balaban J connectivity index is 2.96. The van der Waals surface area contributed by atoms with Crippen LogP contribution in [0.3, 0.4) is 0 Å². The van der Waals surface area contributed by atoms with Crippen molar-refractivity contribution >= 4 is 5.97 Å². The lowest BCUT2D eigenvalue weighted by Gasteiger charge is -2.15. The number of halogens is 3. The van der Waals surface area contributed by atoms with Crippen LogP contribution in [0.2, 0.25) is 0 Å². The molecule has 0 aromatic carbocycles. The molecular formula is C13H17F3N2O3. The minimum Gasteiger partial charge on any atom is -0.481 e. The lowest BCUT2D eigenvalue weighted by atomic mass is 10.1. The van der Waals surface area contributed by atoms with E-state index in [0.29, 0.717) is 17.0 Å². The number of rotatable bonds is 6. The number of aromatic nitrogens is 2. The van der Waals surface area contributed by atoms with E-state index in [1.165, 1.54) is 4.57 Å². The highest BCUT2D eigenvalue weighted by Crippen LogP contribution is 2.22. The first-order valence-corrected chi connectivity index (χ1v) is 6.47. The van der Waals surface area contributed by atoms with E-state index in [-0.39, 0.29) is 25.8 Å². The van der Waals surface area contributed by atoms with Gasteiger partial charge in [0.05, 0.1) is 0 Å². The average molecular weight is 306 g/mol. The summed E-state index contributed by atoms with van der Waals surface area (Å²) in [7, 11) is 0. The number of alkyl halides is 3. The van der Waals surface area contributed by atoms with Crippen molar-refractivity contribution in [3.63, 3.8) is 0 Å². The molecule has 118 valence electrons. The van der Waals surface area contributed by atoms with Gasteiger partial charge in [0.25, 0.3) is 0 Å². The van der Waals surface area contributed by atoms with E-state index in [9.17, 15) is 22.8 Å². The topological polar surface area (TPSA) is 72.2 Å². The molecule has 0 radical (unpaired) electrons. The number of carbonyl (C=O) groups is 1. The Morgan fingerprint density at radius 2 is 1.95 bits per heavy atom. The number of aliphatic carboxylic acids is 1. The van der Waals surface area contributed by atoms with E-state index in [1.54, 1.807) is 13.8 Å². The molecule has 1 aromatic heterocycles. The molecule has 1 aromatic rings. The summed E-state index contributed by atoms with van der Waals surface area (Å²) in [6.07, 6.45) is -5.38. The fraction of sp³-hybridized carbons (Fsp3) is 0.615. The number of carboxylic acid groups (broad SMARTS) is 1. The minimum atomic E-state index is -4.26. The van der Waals surface area contributed by atoms with Crippen molar-refractivity contribution in [3.05, 3.63) is 27.4 Å². The Morgan fingerprint density at radius 1 is 1.33 bits per heavy atom. The largest absolute Gasteiger partial charge is 0.481 e. The van der Waals surface area contributed by atoms with Crippen LogP contribution in [0.15, 0.2) is 4.79 Å². The van der Waals surface area contributed by atoms with Crippen molar-refractivity contribution in [2.75, 3.05) is 0 Å². The molecule has 0 fully saturated rings. The van der Waals surface area contributed by atoms with Gasteiger partial charge in [0.15, 0.2) is 0 Å². The third-order valence-electron chi connectivity index (χ3n) is 3.20. The van der Waals surface area contributed by atoms with Gasteiger partial charge in [-0.3, -0.25) is 9.36 Å². The number of hydrogen-bond donors (Lipinski definition) is 1. The average Bonchev–Trinajstić information content (AvgIpc) is 2.31. The van der Waals surface area contributed by atoms with Gasteiger partial charge in [-0.25, -0.2) is 4.79 Å². The Kier molecular flexibility index (Phi) is 5.51. The van der Waals surface area contributed by atoms with Gasteiger partial charge in [-0.05, 0) is 32.3 Å². The predicted molar refractivity (Wildman–Crippen MR) is 69.2 cm³/mol. The molecule has 0 unspecified atom stereocenters. The zero-order valence-corrected chi connectivity index (χ0v) is 11.8. The van der Waals surface area contributed by atoms with Crippen LogP contribution in [0.4, 0.5) is 13.2 Å². The molecule has 0 aliphatic rings. The Bertz CT molecular complexity index is 579. The molecule has 0 atom stereocenters. The predicted octanol–water partition coefficient (Wildman–Crippen LogP) is 2.22. The monoisotopic (exact) mass is 306 g/mol. The smallest absolute Gasteiger partial charge is 0.389 e. The zero-order valence-electron chi connectivity index (χ0n) is 11.8. The summed E-state index contributed by atoms with van der Waals surface area (Å²) < 4.78 is 37.6. The van der Waals surface area contributed by atoms with Gasteiger partial charge in [0.2, 0.25) is 0 Å². The third-order valence-corrected chi connectivity index (χ3v) is 3.20. The first-order chi connectivity index (χ1) is 9.61. The molecule has 0 saturated carbocycles. The van der Waals surface area contributed by atoms with Crippen LogP contribution in [0.1, 0.15) is 36.2 Å². The van der Waals surface area contributed by atoms with Crippen molar-refractivity contribution in [1.82, 2.24) is 9.55 Å². The molecule has 0 aliphatic heterocycles. The molecule has 1 N–H and O–H groups in total. The number of carboxylic acids is 1. The van der Waals surface area contributed by atoms with Crippen molar-refractivity contribution in [3.8, 4) is 0 Å². The molecule has 0 bridgehead atoms. The fourth-order valence-corrected chi connectivity index (χ4v) is 2.13. The normalized spacial score (nSPS) is 11.7. The minimum absolute atomic E-state index is 0.0858. The van der Waals surface area contributed by atoms with E-state index in [0.717, 1.165) is 0 Å². The van der Waals surface area contributed by atoms with E-state index < -0.39 is 24.3 Å². The van der Waals surface area contributed by atoms with Gasteiger partial charge in [-0.1, -0.05) is 0 Å². The van der Waals surface area contributed by atoms with Gasteiger partial charge >= 0.3 is 17.8 Å².